The molecule has 0 N–H and O–H groups in total. The maximum absolute atomic E-state index is 10.5. The van der Waals surface area contributed by atoms with E-state index in [1.165, 1.54) is 24.3 Å². The number of hydrogen-bond donors (Lipinski definition) is 0. The Morgan fingerprint density at radius 2 is 1.77 bits per heavy atom. The zero-order valence-electron chi connectivity index (χ0n) is 6.27. The number of non-ortho nitro benzene ring substituents is 1. The van der Waals surface area contributed by atoms with E-state index in [2.05, 4.69) is 0 Å². The van der Waals surface area contributed by atoms with E-state index in [0.717, 1.165) is 0 Å². The molecule has 0 aliphatic rings. The van der Waals surface area contributed by atoms with Crippen molar-refractivity contribution in [3.63, 3.8) is 0 Å². The normalized spacial score (nSPS) is 8.69. The van der Waals surface area contributed by atoms with Crippen LogP contribution in [0.3, 0.4) is 0 Å². The number of hydrogen-bond acceptors (Lipinski definition) is 3. The SMILES string of the molecule is Cl.O=C(Cl)c1ccc([N+](=O)[O-])cc1. The number of benzene rings is 1. The van der Waals surface area contributed by atoms with Crippen molar-refractivity contribution in [3.05, 3.63) is 39.9 Å². The lowest BCUT2D eigenvalue weighted by Gasteiger charge is -1.92. The van der Waals surface area contributed by atoms with Crippen LogP contribution in [-0.4, -0.2) is 10.2 Å². The average molecular weight is 222 g/mol. The third-order valence-corrected chi connectivity index (χ3v) is 1.52. The minimum atomic E-state index is -0.620. The second-order valence-corrected chi connectivity index (χ2v) is 2.42. The van der Waals surface area contributed by atoms with Crippen LogP contribution in [0.15, 0.2) is 24.3 Å². The molecule has 0 aliphatic carbocycles. The first-order valence-corrected chi connectivity index (χ1v) is 3.43. The van der Waals surface area contributed by atoms with Gasteiger partial charge >= 0.3 is 0 Å². The van der Waals surface area contributed by atoms with Crippen molar-refractivity contribution in [2.24, 2.45) is 0 Å². The molecular formula is C7H5Cl2NO3. The van der Waals surface area contributed by atoms with Crippen molar-refractivity contribution in [2.45, 2.75) is 0 Å². The third kappa shape index (κ3) is 3.01. The summed E-state index contributed by atoms with van der Waals surface area (Å²) in [4.78, 5) is 20.2. The van der Waals surface area contributed by atoms with Gasteiger partial charge in [-0.15, -0.1) is 12.4 Å². The number of carbonyl (C=O) groups excluding carboxylic acids is 1. The summed E-state index contributed by atoms with van der Waals surface area (Å²) in [6, 6.07) is 5.09. The molecule has 1 aromatic carbocycles. The van der Waals surface area contributed by atoms with Crippen molar-refractivity contribution in [3.8, 4) is 0 Å². The lowest BCUT2D eigenvalue weighted by molar-refractivity contribution is -0.384. The molecule has 0 unspecified atom stereocenters. The highest BCUT2D eigenvalue weighted by Gasteiger charge is 2.06. The standard InChI is InChI=1S/C7H4ClNO3.ClH/c8-7(10)5-1-3-6(4-2-5)9(11)12;/h1-4H;1H. The fourth-order valence-corrected chi connectivity index (χ4v) is 0.840. The average Bonchev–Trinajstić information content (AvgIpc) is 2.04. The van der Waals surface area contributed by atoms with Gasteiger partial charge < -0.3 is 0 Å². The first kappa shape index (κ1) is 11.9. The molecule has 0 radical (unpaired) electrons. The van der Waals surface area contributed by atoms with Crippen LogP contribution >= 0.6 is 24.0 Å². The zero-order chi connectivity index (χ0) is 9.14. The van der Waals surface area contributed by atoms with E-state index in [1.54, 1.807) is 0 Å². The summed E-state index contributed by atoms with van der Waals surface area (Å²) in [6.07, 6.45) is 0. The van der Waals surface area contributed by atoms with E-state index in [-0.39, 0.29) is 23.7 Å². The van der Waals surface area contributed by atoms with Gasteiger partial charge in [0.05, 0.1) is 4.92 Å². The van der Waals surface area contributed by atoms with Crippen LogP contribution in [0.1, 0.15) is 10.4 Å². The second-order valence-electron chi connectivity index (χ2n) is 2.08. The van der Waals surface area contributed by atoms with Crippen molar-refractivity contribution >= 4 is 34.9 Å². The molecule has 70 valence electrons. The fraction of sp³-hybridized carbons (Fsp3) is 0. The number of nitro benzene ring substituents is 1. The summed E-state index contributed by atoms with van der Waals surface area (Å²) < 4.78 is 0. The van der Waals surface area contributed by atoms with Gasteiger partial charge in [-0.1, -0.05) is 0 Å². The van der Waals surface area contributed by atoms with Gasteiger partial charge in [-0.25, -0.2) is 0 Å². The molecule has 0 fully saturated rings. The topological polar surface area (TPSA) is 60.2 Å². The molecule has 0 saturated carbocycles. The minimum absolute atomic E-state index is 0. The van der Waals surface area contributed by atoms with Gasteiger partial charge in [-0.3, -0.25) is 14.9 Å². The maximum Gasteiger partial charge on any atom is 0.269 e. The Labute approximate surface area is 85.1 Å². The Morgan fingerprint density at radius 1 is 1.31 bits per heavy atom. The minimum Gasteiger partial charge on any atom is -0.276 e. The fourth-order valence-electron chi connectivity index (χ4n) is 0.714. The van der Waals surface area contributed by atoms with E-state index >= 15 is 0 Å². The Balaban J connectivity index is 0.00000144. The van der Waals surface area contributed by atoms with Gasteiger partial charge in [0.1, 0.15) is 0 Å². The molecule has 0 heterocycles. The maximum atomic E-state index is 10.5. The van der Waals surface area contributed by atoms with E-state index in [1.807, 2.05) is 0 Å². The highest BCUT2D eigenvalue weighted by Crippen LogP contribution is 2.12. The number of rotatable bonds is 2. The number of carbonyl (C=O) groups is 1. The van der Waals surface area contributed by atoms with Gasteiger partial charge in [-0.05, 0) is 23.7 Å². The Bertz CT molecular complexity index is 290. The number of nitrogens with zero attached hydrogens (tertiary/aromatic N) is 1. The molecule has 0 aromatic heterocycles. The summed E-state index contributed by atoms with van der Waals surface area (Å²) in [5, 5.41) is 9.55. The number of halogens is 2. The second kappa shape index (κ2) is 4.79. The van der Waals surface area contributed by atoms with E-state index < -0.39 is 10.2 Å². The van der Waals surface area contributed by atoms with Crippen LogP contribution in [0.5, 0.6) is 0 Å². The summed E-state index contributed by atoms with van der Waals surface area (Å²) in [5.74, 6) is 0. The highest BCUT2D eigenvalue weighted by molar-refractivity contribution is 6.67. The Kier molecular flexibility index (Phi) is 4.37. The van der Waals surface area contributed by atoms with Gasteiger partial charge in [-0.2, -0.15) is 0 Å². The van der Waals surface area contributed by atoms with Crippen LogP contribution in [0.4, 0.5) is 5.69 Å². The van der Waals surface area contributed by atoms with Crippen LogP contribution in [0.2, 0.25) is 0 Å². The summed E-state index contributed by atoms with van der Waals surface area (Å²) in [7, 11) is 0. The molecule has 0 bridgehead atoms. The van der Waals surface area contributed by atoms with Gasteiger partial charge in [0.2, 0.25) is 0 Å². The van der Waals surface area contributed by atoms with Gasteiger partial charge in [0.15, 0.2) is 0 Å². The van der Waals surface area contributed by atoms with Crippen LogP contribution < -0.4 is 0 Å². The van der Waals surface area contributed by atoms with Crippen molar-refractivity contribution in [2.75, 3.05) is 0 Å². The van der Waals surface area contributed by atoms with Crippen molar-refractivity contribution in [1.82, 2.24) is 0 Å². The Morgan fingerprint density at radius 3 is 2.08 bits per heavy atom. The van der Waals surface area contributed by atoms with E-state index in [9.17, 15) is 14.9 Å². The molecule has 4 nitrogen and oxygen atoms in total. The molecule has 1 aromatic rings. The molecule has 0 atom stereocenters. The molecule has 1 rings (SSSR count). The van der Waals surface area contributed by atoms with Crippen molar-refractivity contribution < 1.29 is 9.72 Å². The largest absolute Gasteiger partial charge is 0.276 e. The summed E-state index contributed by atoms with van der Waals surface area (Å²) in [5.41, 5.74) is 0.193. The van der Waals surface area contributed by atoms with Gasteiger partial charge in [0, 0.05) is 17.7 Å². The predicted molar refractivity (Wildman–Crippen MR) is 50.5 cm³/mol. The van der Waals surface area contributed by atoms with E-state index in [0.29, 0.717) is 0 Å². The Hall–Kier alpha value is -1.13. The summed E-state index contributed by atoms with van der Waals surface area (Å²) in [6.45, 7) is 0. The van der Waals surface area contributed by atoms with Crippen LogP contribution in [0.25, 0.3) is 0 Å². The molecule has 0 amide bonds. The third-order valence-electron chi connectivity index (χ3n) is 1.31. The lowest BCUT2D eigenvalue weighted by Crippen LogP contribution is -1.90. The molecule has 0 saturated heterocycles. The molecule has 0 aliphatic heterocycles. The first-order valence-electron chi connectivity index (χ1n) is 3.05. The molecular weight excluding hydrogens is 217 g/mol. The smallest absolute Gasteiger partial charge is 0.269 e. The zero-order valence-corrected chi connectivity index (χ0v) is 7.84. The molecule has 6 heteroatoms. The highest BCUT2D eigenvalue weighted by atomic mass is 35.5. The lowest BCUT2D eigenvalue weighted by atomic mass is 10.2. The monoisotopic (exact) mass is 221 g/mol. The van der Waals surface area contributed by atoms with Gasteiger partial charge in [0.25, 0.3) is 10.9 Å². The number of nitro groups is 1. The van der Waals surface area contributed by atoms with Crippen LogP contribution in [-0.2, 0) is 0 Å². The summed E-state index contributed by atoms with van der Waals surface area (Å²) >= 11 is 5.13. The van der Waals surface area contributed by atoms with Crippen LogP contribution in [0, 0.1) is 10.1 Å². The van der Waals surface area contributed by atoms with E-state index in [4.69, 9.17) is 11.6 Å². The first-order chi connectivity index (χ1) is 5.61. The quantitative estimate of drug-likeness (QED) is 0.438. The predicted octanol–water partition coefficient (Wildman–Crippen LogP) is 2.40. The van der Waals surface area contributed by atoms with Crippen molar-refractivity contribution in [1.29, 1.82) is 0 Å². The molecule has 0 spiro atoms. The molecule has 13 heavy (non-hydrogen) atoms.